The molecule has 2 aromatic carbocycles. The second kappa shape index (κ2) is 8.77. The summed E-state index contributed by atoms with van der Waals surface area (Å²) < 4.78 is 7.94. The Kier molecular flexibility index (Phi) is 5.70. The van der Waals surface area contributed by atoms with Crippen LogP contribution in [0.15, 0.2) is 60.8 Å². The van der Waals surface area contributed by atoms with Gasteiger partial charge in [-0.1, -0.05) is 23.7 Å². The van der Waals surface area contributed by atoms with E-state index in [0.29, 0.717) is 23.9 Å². The van der Waals surface area contributed by atoms with Crippen molar-refractivity contribution >= 4 is 23.2 Å². The number of amides is 1. The molecule has 0 aliphatic carbocycles. The molecule has 3 heterocycles. The number of anilines is 1. The largest absolute Gasteiger partial charge is 0.492 e. The number of rotatable bonds is 6. The Balaban J connectivity index is 1.25. The minimum atomic E-state index is 0.0224. The van der Waals surface area contributed by atoms with Crippen molar-refractivity contribution in [1.29, 1.82) is 0 Å². The number of hydrogen-bond acceptors (Lipinski definition) is 3. The number of ether oxygens (including phenoxy) is 1. The molecule has 0 bridgehead atoms. The normalized spacial score (nSPS) is 16.5. The Bertz CT molecular complexity index is 1050. The lowest BCUT2D eigenvalue weighted by Gasteiger charge is -2.28. The van der Waals surface area contributed by atoms with E-state index in [9.17, 15) is 4.79 Å². The number of halogens is 1. The summed E-state index contributed by atoms with van der Waals surface area (Å²) in [7, 11) is 0. The van der Waals surface area contributed by atoms with E-state index in [0.717, 1.165) is 35.7 Å². The zero-order valence-electron chi connectivity index (χ0n) is 17.5. The predicted octanol–water partition coefficient (Wildman–Crippen LogP) is 4.94. The minimum absolute atomic E-state index is 0.0224. The van der Waals surface area contributed by atoms with Crippen molar-refractivity contribution in [3.63, 3.8) is 0 Å². The maximum atomic E-state index is 13.2. The Hall–Kier alpha value is -2.76. The van der Waals surface area contributed by atoms with Gasteiger partial charge in [-0.2, -0.15) is 0 Å². The van der Waals surface area contributed by atoms with Gasteiger partial charge < -0.3 is 14.2 Å². The van der Waals surface area contributed by atoms with Gasteiger partial charge in [0.2, 0.25) is 0 Å². The molecule has 0 radical (unpaired) electrons. The van der Waals surface area contributed by atoms with Crippen molar-refractivity contribution in [1.82, 2.24) is 9.47 Å². The van der Waals surface area contributed by atoms with E-state index < -0.39 is 0 Å². The molecule has 1 saturated heterocycles. The molecule has 160 valence electrons. The van der Waals surface area contributed by atoms with E-state index >= 15 is 0 Å². The van der Waals surface area contributed by atoms with Crippen LogP contribution in [0.3, 0.4) is 0 Å². The van der Waals surface area contributed by atoms with Gasteiger partial charge in [-0.05, 0) is 74.0 Å². The Morgan fingerprint density at radius 2 is 1.61 bits per heavy atom. The summed E-state index contributed by atoms with van der Waals surface area (Å²) in [5.74, 6) is 0.870. The van der Waals surface area contributed by atoms with Crippen LogP contribution in [0, 0.1) is 0 Å². The van der Waals surface area contributed by atoms with Gasteiger partial charge in [0, 0.05) is 42.1 Å². The van der Waals surface area contributed by atoms with E-state index in [2.05, 4.69) is 4.90 Å². The van der Waals surface area contributed by atoms with Crippen LogP contribution >= 0.6 is 11.6 Å². The Morgan fingerprint density at radius 3 is 2.35 bits per heavy atom. The summed E-state index contributed by atoms with van der Waals surface area (Å²) in [5, 5.41) is 0.707. The molecule has 0 saturated carbocycles. The summed E-state index contributed by atoms with van der Waals surface area (Å²) in [6, 6.07) is 17.5. The van der Waals surface area contributed by atoms with E-state index in [4.69, 9.17) is 16.3 Å². The summed E-state index contributed by atoms with van der Waals surface area (Å²) in [5.41, 5.74) is 3.70. The van der Waals surface area contributed by atoms with Gasteiger partial charge in [0.05, 0.1) is 0 Å². The summed E-state index contributed by atoms with van der Waals surface area (Å²) in [4.78, 5) is 17.4. The summed E-state index contributed by atoms with van der Waals surface area (Å²) in [6.07, 6.45) is 4.64. The number of nitrogens with zero attached hydrogens (tertiary/aromatic N) is 3. The third-order valence-corrected chi connectivity index (χ3v) is 6.38. The third-order valence-electron chi connectivity index (χ3n) is 6.13. The number of hydrogen-bond donors (Lipinski definition) is 0. The predicted molar refractivity (Wildman–Crippen MR) is 124 cm³/mol. The molecule has 5 rings (SSSR count). The summed E-state index contributed by atoms with van der Waals surface area (Å²) >= 11 is 6.00. The van der Waals surface area contributed by atoms with Crippen LogP contribution in [0.1, 0.15) is 23.3 Å². The van der Waals surface area contributed by atoms with Gasteiger partial charge in [-0.3, -0.25) is 9.69 Å². The van der Waals surface area contributed by atoms with Crippen molar-refractivity contribution in [2.75, 3.05) is 37.7 Å². The first-order valence-corrected chi connectivity index (χ1v) is 11.3. The molecule has 1 amide bonds. The molecular formula is C25H26ClN3O2. The van der Waals surface area contributed by atoms with Gasteiger partial charge >= 0.3 is 0 Å². The first kappa shape index (κ1) is 20.2. The number of benzene rings is 2. The number of carbonyl (C=O) groups is 1. The quantitative estimate of drug-likeness (QED) is 0.550. The topological polar surface area (TPSA) is 37.7 Å². The second-order valence-corrected chi connectivity index (χ2v) is 8.60. The van der Waals surface area contributed by atoms with Crippen LogP contribution in [-0.2, 0) is 6.54 Å². The van der Waals surface area contributed by atoms with E-state index in [1.807, 2.05) is 70.3 Å². The molecule has 2 aliphatic heterocycles. The van der Waals surface area contributed by atoms with Crippen molar-refractivity contribution in [2.45, 2.75) is 19.4 Å². The SMILES string of the molecule is O=C1c2cc(-c3ccc(Cl)cc3)cn2CCN1c1ccc(OCCN2CCCC2)cc1. The molecule has 2 aliphatic rings. The van der Waals surface area contributed by atoms with Crippen LogP contribution in [0.4, 0.5) is 5.69 Å². The highest BCUT2D eigenvalue weighted by Crippen LogP contribution is 2.29. The molecule has 0 spiro atoms. The third kappa shape index (κ3) is 4.34. The van der Waals surface area contributed by atoms with Crippen LogP contribution in [0.5, 0.6) is 5.75 Å². The Labute approximate surface area is 187 Å². The van der Waals surface area contributed by atoms with Crippen molar-refractivity contribution in [3.05, 3.63) is 71.5 Å². The summed E-state index contributed by atoms with van der Waals surface area (Å²) in [6.45, 7) is 5.45. The van der Waals surface area contributed by atoms with E-state index in [1.54, 1.807) is 0 Å². The molecule has 0 atom stereocenters. The number of likely N-dealkylation sites (tertiary alicyclic amines) is 1. The lowest BCUT2D eigenvalue weighted by molar-refractivity contribution is 0.0965. The average molecular weight is 436 g/mol. The molecule has 0 N–H and O–H groups in total. The lowest BCUT2D eigenvalue weighted by Crippen LogP contribution is -2.39. The van der Waals surface area contributed by atoms with Gasteiger partial charge in [-0.15, -0.1) is 0 Å². The molecular weight excluding hydrogens is 410 g/mol. The molecule has 1 fully saturated rings. The Morgan fingerprint density at radius 1 is 0.871 bits per heavy atom. The molecule has 5 nitrogen and oxygen atoms in total. The highest BCUT2D eigenvalue weighted by Gasteiger charge is 2.26. The van der Waals surface area contributed by atoms with Gasteiger partial charge in [-0.25, -0.2) is 0 Å². The fourth-order valence-electron chi connectivity index (χ4n) is 4.39. The van der Waals surface area contributed by atoms with Crippen LogP contribution < -0.4 is 9.64 Å². The number of carbonyl (C=O) groups excluding carboxylic acids is 1. The smallest absolute Gasteiger partial charge is 0.274 e. The zero-order chi connectivity index (χ0) is 21.2. The second-order valence-electron chi connectivity index (χ2n) is 8.16. The van der Waals surface area contributed by atoms with Gasteiger partial charge in [0.15, 0.2) is 0 Å². The highest BCUT2D eigenvalue weighted by atomic mass is 35.5. The van der Waals surface area contributed by atoms with Crippen LogP contribution in [0.2, 0.25) is 5.02 Å². The molecule has 31 heavy (non-hydrogen) atoms. The highest BCUT2D eigenvalue weighted by molar-refractivity contribution is 6.30. The van der Waals surface area contributed by atoms with Crippen LogP contribution in [0.25, 0.3) is 11.1 Å². The van der Waals surface area contributed by atoms with E-state index in [1.165, 1.54) is 25.9 Å². The monoisotopic (exact) mass is 435 g/mol. The first-order valence-electron chi connectivity index (χ1n) is 10.9. The molecule has 0 unspecified atom stereocenters. The fraction of sp³-hybridized carbons (Fsp3) is 0.320. The molecule has 1 aromatic heterocycles. The van der Waals surface area contributed by atoms with Gasteiger partial charge in [0.1, 0.15) is 18.1 Å². The maximum absolute atomic E-state index is 13.2. The standard InChI is InChI=1S/C25H26ClN3O2/c26-21-5-3-19(4-6-21)20-17-24-25(30)29(14-13-28(24)18-20)22-7-9-23(10-8-22)31-16-15-27-11-1-2-12-27/h3-10,17-18H,1-2,11-16H2. The van der Waals surface area contributed by atoms with E-state index in [-0.39, 0.29) is 5.91 Å². The van der Waals surface area contributed by atoms with Gasteiger partial charge in [0.25, 0.3) is 5.91 Å². The van der Waals surface area contributed by atoms with Crippen molar-refractivity contribution < 1.29 is 9.53 Å². The van der Waals surface area contributed by atoms with Crippen molar-refractivity contribution in [2.24, 2.45) is 0 Å². The molecule has 6 heteroatoms. The molecule has 3 aromatic rings. The minimum Gasteiger partial charge on any atom is -0.492 e. The fourth-order valence-corrected chi connectivity index (χ4v) is 4.52. The van der Waals surface area contributed by atoms with Crippen molar-refractivity contribution in [3.8, 4) is 16.9 Å². The maximum Gasteiger partial charge on any atom is 0.274 e. The zero-order valence-corrected chi connectivity index (χ0v) is 18.2. The number of fused-ring (bicyclic) bond motifs is 1. The van der Waals surface area contributed by atoms with Crippen LogP contribution in [-0.4, -0.2) is 48.2 Å². The first-order chi connectivity index (χ1) is 15.2. The number of aromatic nitrogens is 1. The average Bonchev–Trinajstić information content (AvgIpc) is 3.46. The lowest BCUT2D eigenvalue weighted by atomic mass is 10.1.